The lowest BCUT2D eigenvalue weighted by atomic mass is 9.55. The van der Waals surface area contributed by atoms with Crippen LogP contribution in [0.1, 0.15) is 56.9 Å². The molecular weight excluding hydrogens is 447 g/mol. The van der Waals surface area contributed by atoms with Crippen molar-refractivity contribution in [1.29, 1.82) is 0 Å². The van der Waals surface area contributed by atoms with E-state index in [1.54, 1.807) is 0 Å². The SMILES string of the molecule is CB(C)C(=O)OC(C)Cc1cc(OCc2ccccc2)c(OCc2ccccc2)cc1C.CC.CC. The van der Waals surface area contributed by atoms with Crippen molar-refractivity contribution in [1.82, 2.24) is 0 Å². The zero-order chi connectivity index (χ0) is 26.9. The summed E-state index contributed by atoms with van der Waals surface area (Å²) in [5.74, 6) is 1.21. The Labute approximate surface area is 219 Å². The topological polar surface area (TPSA) is 44.8 Å². The van der Waals surface area contributed by atoms with E-state index in [0.717, 1.165) is 22.3 Å². The first kappa shape index (κ1) is 30.8. The Kier molecular flexibility index (Phi) is 14.8. The van der Waals surface area contributed by atoms with Gasteiger partial charge in [-0.2, -0.15) is 0 Å². The van der Waals surface area contributed by atoms with Crippen molar-refractivity contribution < 1.29 is 19.0 Å². The van der Waals surface area contributed by atoms with Gasteiger partial charge in [-0.25, -0.2) is 0 Å². The van der Waals surface area contributed by atoms with Gasteiger partial charge in [0.1, 0.15) is 19.3 Å². The number of carbonyl (C=O) groups is 1. The predicted molar refractivity (Wildman–Crippen MR) is 153 cm³/mol. The molecule has 4 nitrogen and oxygen atoms in total. The fourth-order valence-electron chi connectivity index (χ4n) is 3.31. The number of benzene rings is 3. The summed E-state index contributed by atoms with van der Waals surface area (Å²) in [6, 6.07) is 24.1. The number of aryl methyl sites for hydroxylation is 1. The minimum absolute atomic E-state index is 0.142. The van der Waals surface area contributed by atoms with Crippen molar-refractivity contribution in [3.63, 3.8) is 0 Å². The van der Waals surface area contributed by atoms with E-state index in [1.165, 1.54) is 0 Å². The molecule has 3 aromatic rings. The molecule has 0 aliphatic rings. The van der Waals surface area contributed by atoms with Crippen LogP contribution in [0.15, 0.2) is 72.8 Å². The molecule has 0 bridgehead atoms. The molecule has 194 valence electrons. The summed E-state index contributed by atoms with van der Waals surface area (Å²) >= 11 is 0. The Morgan fingerprint density at radius 2 is 1.22 bits per heavy atom. The summed E-state index contributed by atoms with van der Waals surface area (Å²) < 4.78 is 17.9. The largest absolute Gasteiger partial charge is 0.485 e. The summed E-state index contributed by atoms with van der Waals surface area (Å²) in [7, 11) is 0. The molecule has 1 unspecified atom stereocenters. The highest BCUT2D eigenvalue weighted by Gasteiger charge is 2.18. The third-order valence-electron chi connectivity index (χ3n) is 5.17. The summed E-state index contributed by atoms with van der Waals surface area (Å²) in [6.45, 7) is 16.4. The molecule has 0 aliphatic heterocycles. The van der Waals surface area contributed by atoms with Gasteiger partial charge in [0.05, 0.1) is 0 Å². The van der Waals surface area contributed by atoms with E-state index < -0.39 is 0 Å². The molecule has 0 N–H and O–H groups in total. The van der Waals surface area contributed by atoms with Gasteiger partial charge in [-0.1, -0.05) is 102 Å². The smallest absolute Gasteiger partial charge is 0.271 e. The minimum atomic E-state index is -0.221. The van der Waals surface area contributed by atoms with E-state index in [9.17, 15) is 4.79 Å². The highest BCUT2D eigenvalue weighted by molar-refractivity contribution is 6.86. The van der Waals surface area contributed by atoms with E-state index in [1.807, 2.05) is 128 Å². The van der Waals surface area contributed by atoms with Gasteiger partial charge in [0.25, 0.3) is 12.6 Å². The van der Waals surface area contributed by atoms with Crippen LogP contribution in [-0.4, -0.2) is 18.7 Å². The lowest BCUT2D eigenvalue weighted by molar-refractivity contribution is 0.130. The van der Waals surface area contributed by atoms with Crippen LogP contribution in [-0.2, 0) is 24.4 Å². The van der Waals surface area contributed by atoms with Crippen LogP contribution >= 0.6 is 0 Å². The maximum absolute atomic E-state index is 12.0. The first-order valence-electron chi connectivity index (χ1n) is 13.1. The molecule has 5 heteroatoms. The highest BCUT2D eigenvalue weighted by Crippen LogP contribution is 2.33. The monoisotopic (exact) mass is 490 g/mol. The van der Waals surface area contributed by atoms with Crippen molar-refractivity contribution in [2.75, 3.05) is 0 Å². The van der Waals surface area contributed by atoms with Gasteiger partial charge >= 0.3 is 0 Å². The van der Waals surface area contributed by atoms with E-state index >= 15 is 0 Å². The molecule has 3 rings (SSSR count). The van der Waals surface area contributed by atoms with Crippen LogP contribution in [0.5, 0.6) is 11.5 Å². The lowest BCUT2D eigenvalue weighted by Crippen LogP contribution is -2.25. The number of ether oxygens (including phenoxy) is 3. The molecule has 0 radical (unpaired) electrons. The van der Waals surface area contributed by atoms with Crippen LogP contribution in [0.2, 0.25) is 13.6 Å². The van der Waals surface area contributed by atoms with Crippen molar-refractivity contribution in [3.8, 4) is 11.5 Å². The van der Waals surface area contributed by atoms with E-state index in [2.05, 4.69) is 0 Å². The predicted octanol–water partition coefficient (Wildman–Crippen LogP) is 8.61. The molecular formula is C31H43BO4. The third-order valence-corrected chi connectivity index (χ3v) is 5.17. The van der Waals surface area contributed by atoms with Crippen LogP contribution in [0.25, 0.3) is 0 Å². The Bertz CT molecular complexity index is 1000. The molecule has 1 atom stereocenters. The molecule has 3 aromatic carbocycles. The second-order valence-corrected chi connectivity index (χ2v) is 8.38. The fourth-order valence-corrected chi connectivity index (χ4v) is 3.31. The Balaban J connectivity index is 0.00000154. The molecule has 36 heavy (non-hydrogen) atoms. The number of carbonyl (C=O) groups excluding carboxylic acids is 1. The van der Waals surface area contributed by atoms with E-state index in [0.29, 0.717) is 31.1 Å². The number of hydrogen-bond donors (Lipinski definition) is 0. The summed E-state index contributed by atoms with van der Waals surface area (Å²) in [5.41, 5.74) is 4.33. The van der Waals surface area contributed by atoms with Crippen molar-refractivity contribution in [3.05, 3.63) is 95.1 Å². The zero-order valence-corrected chi connectivity index (χ0v) is 23.3. The minimum Gasteiger partial charge on any atom is -0.485 e. The van der Waals surface area contributed by atoms with Crippen LogP contribution in [0.3, 0.4) is 0 Å². The van der Waals surface area contributed by atoms with Gasteiger partial charge in [-0.15, -0.1) is 0 Å². The van der Waals surface area contributed by atoms with Gasteiger partial charge in [-0.3, -0.25) is 4.79 Å². The second kappa shape index (κ2) is 17.3. The van der Waals surface area contributed by atoms with Gasteiger partial charge in [0.2, 0.25) is 0 Å². The Morgan fingerprint density at radius 3 is 1.67 bits per heavy atom. The third kappa shape index (κ3) is 10.6. The molecule has 0 spiro atoms. The van der Waals surface area contributed by atoms with Gasteiger partial charge in [0, 0.05) is 6.42 Å². The van der Waals surface area contributed by atoms with E-state index in [-0.39, 0.29) is 18.7 Å². The maximum atomic E-state index is 12.0. The standard InChI is InChI=1S/C27H31BO4.2C2H6/c1-20-15-25(30-18-22-11-7-5-8-12-22)26(31-19-23-13-9-6-10-14-23)17-24(20)16-21(2)32-27(29)28(3)4;2*1-2/h5-15,17,21H,16,18-19H2,1-4H3;2*1-2H3. The summed E-state index contributed by atoms with van der Waals surface area (Å²) in [6.07, 6.45) is 0.395. The second-order valence-electron chi connectivity index (χ2n) is 8.38. The van der Waals surface area contributed by atoms with Crippen LogP contribution in [0.4, 0.5) is 4.79 Å². The Morgan fingerprint density at radius 1 is 0.778 bits per heavy atom. The summed E-state index contributed by atoms with van der Waals surface area (Å²) in [4.78, 5) is 12.0. The first-order chi connectivity index (χ1) is 17.4. The van der Waals surface area contributed by atoms with Gasteiger partial charge in [0.15, 0.2) is 11.5 Å². The van der Waals surface area contributed by atoms with Crippen molar-refractivity contribution in [2.24, 2.45) is 0 Å². The number of hydrogen-bond acceptors (Lipinski definition) is 4. The quantitative estimate of drug-likeness (QED) is 0.267. The normalized spacial score (nSPS) is 10.6. The fraction of sp³-hybridized carbons (Fsp3) is 0.387. The molecule has 0 saturated carbocycles. The Hall–Kier alpha value is -3.21. The van der Waals surface area contributed by atoms with Gasteiger partial charge < -0.3 is 14.2 Å². The molecule has 0 fully saturated rings. The summed E-state index contributed by atoms with van der Waals surface area (Å²) in [5, 5.41) is 0. The van der Waals surface area contributed by atoms with Gasteiger partial charge in [-0.05, 0) is 48.2 Å². The average Bonchev–Trinajstić information content (AvgIpc) is 2.91. The zero-order valence-electron chi connectivity index (χ0n) is 23.3. The molecule has 0 aliphatic carbocycles. The first-order valence-corrected chi connectivity index (χ1v) is 13.1. The van der Waals surface area contributed by atoms with Crippen LogP contribution in [0, 0.1) is 6.92 Å². The van der Waals surface area contributed by atoms with Crippen molar-refractivity contribution >= 4 is 12.6 Å². The van der Waals surface area contributed by atoms with Crippen molar-refractivity contribution in [2.45, 2.75) is 80.9 Å². The lowest BCUT2D eigenvalue weighted by Gasteiger charge is -2.19. The van der Waals surface area contributed by atoms with E-state index in [4.69, 9.17) is 14.2 Å². The van der Waals surface area contributed by atoms with Crippen LogP contribution < -0.4 is 9.47 Å². The molecule has 0 saturated heterocycles. The maximum Gasteiger partial charge on any atom is 0.271 e. The molecule has 0 amide bonds. The highest BCUT2D eigenvalue weighted by atomic mass is 16.5. The number of rotatable bonds is 10. The molecule has 0 aromatic heterocycles. The average molecular weight is 490 g/mol. The molecule has 0 heterocycles.